The number of halogens is 1. The molecule has 0 radical (unpaired) electrons. The lowest BCUT2D eigenvalue weighted by molar-refractivity contribution is 0.249. The van der Waals surface area contributed by atoms with Gasteiger partial charge in [-0.3, -0.25) is 4.98 Å². The Balaban J connectivity index is 2.44. The average molecular weight is 298 g/mol. The molecule has 6 nitrogen and oxygen atoms in total. The van der Waals surface area contributed by atoms with Gasteiger partial charge in [-0.2, -0.15) is 4.99 Å². The molecule has 7 heteroatoms. The number of hydrogen-bond acceptors (Lipinski definition) is 2. The lowest BCUT2D eigenvalue weighted by Gasteiger charge is -2.18. The number of nitrogens with zero attached hydrogens (tertiary/aromatic N) is 3. The molecule has 0 saturated heterocycles. The Labute approximate surface area is 124 Å². The number of hydrogen-bond donors (Lipinski definition) is 2. The molecule has 1 aromatic rings. The van der Waals surface area contributed by atoms with Crippen molar-refractivity contribution in [3.05, 3.63) is 29.0 Å². The minimum atomic E-state index is -0.457. The molecule has 0 aliphatic rings. The van der Waals surface area contributed by atoms with Gasteiger partial charge in [0.25, 0.3) is 0 Å². The zero-order valence-electron chi connectivity index (χ0n) is 11.8. The molecule has 0 aliphatic carbocycles. The van der Waals surface area contributed by atoms with Crippen LogP contribution in [0.15, 0.2) is 23.3 Å². The van der Waals surface area contributed by atoms with E-state index in [0.717, 1.165) is 5.69 Å². The molecule has 0 atom stereocenters. The van der Waals surface area contributed by atoms with Gasteiger partial charge >= 0.3 is 6.03 Å². The summed E-state index contributed by atoms with van der Waals surface area (Å²) in [6.45, 7) is 5.73. The van der Waals surface area contributed by atoms with Crippen molar-refractivity contribution in [2.75, 3.05) is 19.6 Å². The molecule has 0 bridgehead atoms. The van der Waals surface area contributed by atoms with Crippen molar-refractivity contribution in [3.63, 3.8) is 0 Å². The highest BCUT2D eigenvalue weighted by Gasteiger charge is 2.06. The first-order chi connectivity index (χ1) is 9.58. The Morgan fingerprint density at radius 1 is 1.50 bits per heavy atom. The van der Waals surface area contributed by atoms with Crippen LogP contribution in [0.1, 0.15) is 19.5 Å². The summed E-state index contributed by atoms with van der Waals surface area (Å²) in [6.07, 6.45) is 2.21. The average Bonchev–Trinajstić information content (AvgIpc) is 2.42. The fourth-order valence-electron chi connectivity index (χ4n) is 1.65. The van der Waals surface area contributed by atoms with Crippen LogP contribution in [0.25, 0.3) is 0 Å². The molecule has 20 heavy (non-hydrogen) atoms. The highest BCUT2D eigenvalue weighted by atomic mass is 35.5. The second-order valence-corrected chi connectivity index (χ2v) is 4.46. The maximum Gasteiger partial charge on any atom is 0.344 e. The molecule has 0 aliphatic heterocycles. The van der Waals surface area contributed by atoms with Crippen LogP contribution in [-0.2, 0) is 6.42 Å². The molecule has 110 valence electrons. The number of pyridine rings is 1. The summed E-state index contributed by atoms with van der Waals surface area (Å²) < 4.78 is 0. The Bertz CT molecular complexity index is 474. The molecule has 2 amide bonds. The summed E-state index contributed by atoms with van der Waals surface area (Å²) in [5.41, 5.74) is 6.47. The molecule has 1 aromatic heterocycles. The van der Waals surface area contributed by atoms with Crippen molar-refractivity contribution < 1.29 is 4.79 Å². The van der Waals surface area contributed by atoms with E-state index in [2.05, 4.69) is 15.3 Å². The molecule has 0 fully saturated rings. The Morgan fingerprint density at radius 3 is 2.80 bits per heavy atom. The first kappa shape index (κ1) is 16.2. The monoisotopic (exact) mass is 297 g/mol. The van der Waals surface area contributed by atoms with Gasteiger partial charge in [-0.25, -0.2) is 4.79 Å². The highest BCUT2D eigenvalue weighted by molar-refractivity contribution is 6.31. The van der Waals surface area contributed by atoms with E-state index in [1.54, 1.807) is 23.2 Å². The van der Waals surface area contributed by atoms with Crippen molar-refractivity contribution in [3.8, 4) is 0 Å². The number of aromatic nitrogens is 1. The topological polar surface area (TPSA) is 83.6 Å². The summed E-state index contributed by atoms with van der Waals surface area (Å²) in [5, 5.41) is 3.25. The zero-order chi connectivity index (χ0) is 15.0. The SMILES string of the molecule is CCN(CC)C(N)=NC(=O)NCCc1ncccc1Cl. The van der Waals surface area contributed by atoms with Crippen LogP contribution in [-0.4, -0.2) is 41.5 Å². The Kier molecular flexibility index (Phi) is 6.79. The number of carbonyl (C=O) groups is 1. The van der Waals surface area contributed by atoms with E-state index in [1.807, 2.05) is 13.8 Å². The van der Waals surface area contributed by atoms with Crippen LogP contribution < -0.4 is 11.1 Å². The summed E-state index contributed by atoms with van der Waals surface area (Å²) >= 11 is 5.97. The zero-order valence-corrected chi connectivity index (χ0v) is 12.5. The second kappa shape index (κ2) is 8.37. The summed E-state index contributed by atoms with van der Waals surface area (Å²) in [4.78, 5) is 21.3. The maximum absolute atomic E-state index is 11.6. The lowest BCUT2D eigenvalue weighted by atomic mass is 10.3. The second-order valence-electron chi connectivity index (χ2n) is 4.06. The standard InChI is InChI=1S/C13H20ClN5O/c1-3-19(4-2)12(15)18-13(20)17-9-7-11-10(14)6-5-8-16-11/h5-6,8H,3-4,7,9H2,1-2H3,(H3,15,17,18,20). The molecule has 1 rings (SSSR count). The van der Waals surface area contributed by atoms with Crippen molar-refractivity contribution in [1.29, 1.82) is 0 Å². The van der Waals surface area contributed by atoms with Gasteiger partial charge in [0.2, 0.25) is 5.96 Å². The molecular formula is C13H20ClN5O. The van der Waals surface area contributed by atoms with Crippen LogP contribution in [0.2, 0.25) is 5.02 Å². The number of amides is 2. The molecule has 0 saturated carbocycles. The first-order valence-electron chi connectivity index (χ1n) is 6.54. The lowest BCUT2D eigenvalue weighted by Crippen LogP contribution is -2.38. The van der Waals surface area contributed by atoms with E-state index < -0.39 is 6.03 Å². The van der Waals surface area contributed by atoms with E-state index >= 15 is 0 Å². The molecule has 0 aromatic carbocycles. The van der Waals surface area contributed by atoms with E-state index in [9.17, 15) is 4.79 Å². The van der Waals surface area contributed by atoms with E-state index in [0.29, 0.717) is 31.1 Å². The first-order valence-corrected chi connectivity index (χ1v) is 6.92. The molecule has 0 unspecified atom stereocenters. The predicted octanol–water partition coefficient (Wildman–Crippen LogP) is 1.64. The van der Waals surface area contributed by atoms with E-state index in [-0.39, 0.29) is 5.96 Å². The number of aliphatic imine (C=N–C) groups is 1. The van der Waals surface area contributed by atoms with Gasteiger partial charge in [-0.1, -0.05) is 11.6 Å². The minimum Gasteiger partial charge on any atom is -0.369 e. The molecule has 3 N–H and O–H groups in total. The van der Waals surface area contributed by atoms with Gasteiger partial charge in [0.05, 0.1) is 10.7 Å². The van der Waals surface area contributed by atoms with Gasteiger partial charge in [0.1, 0.15) is 0 Å². The number of urea groups is 1. The fraction of sp³-hybridized carbons (Fsp3) is 0.462. The normalized spacial score (nSPS) is 11.2. The number of rotatable bonds is 5. The quantitative estimate of drug-likeness (QED) is 0.639. The van der Waals surface area contributed by atoms with Gasteiger partial charge in [-0.05, 0) is 26.0 Å². The molecule has 1 heterocycles. The summed E-state index contributed by atoms with van der Waals surface area (Å²) in [5.74, 6) is 0.225. The van der Waals surface area contributed by atoms with Crippen molar-refractivity contribution in [1.82, 2.24) is 15.2 Å². The van der Waals surface area contributed by atoms with Crippen LogP contribution in [0, 0.1) is 0 Å². The van der Waals surface area contributed by atoms with Crippen LogP contribution in [0.5, 0.6) is 0 Å². The van der Waals surface area contributed by atoms with E-state index in [1.165, 1.54) is 0 Å². The Hall–Kier alpha value is -1.82. The minimum absolute atomic E-state index is 0.225. The third kappa shape index (κ3) is 5.05. The number of carbonyl (C=O) groups excluding carboxylic acids is 1. The fourth-order valence-corrected chi connectivity index (χ4v) is 1.87. The van der Waals surface area contributed by atoms with Gasteiger partial charge in [0.15, 0.2) is 0 Å². The molecule has 0 spiro atoms. The van der Waals surface area contributed by atoms with Crippen LogP contribution in [0.4, 0.5) is 4.79 Å². The third-order valence-corrected chi connectivity index (χ3v) is 3.12. The van der Waals surface area contributed by atoms with Gasteiger partial charge in [-0.15, -0.1) is 0 Å². The summed E-state index contributed by atoms with van der Waals surface area (Å²) in [7, 11) is 0. The predicted molar refractivity (Wildman–Crippen MR) is 80.9 cm³/mol. The number of nitrogens with one attached hydrogen (secondary N) is 1. The highest BCUT2D eigenvalue weighted by Crippen LogP contribution is 2.11. The van der Waals surface area contributed by atoms with Crippen molar-refractivity contribution in [2.24, 2.45) is 10.7 Å². The summed E-state index contributed by atoms with van der Waals surface area (Å²) in [6, 6.07) is 3.07. The third-order valence-electron chi connectivity index (χ3n) is 2.78. The van der Waals surface area contributed by atoms with E-state index in [4.69, 9.17) is 17.3 Å². The van der Waals surface area contributed by atoms with Crippen molar-refractivity contribution in [2.45, 2.75) is 20.3 Å². The maximum atomic E-state index is 11.6. The van der Waals surface area contributed by atoms with Gasteiger partial charge in [0, 0.05) is 32.3 Å². The smallest absolute Gasteiger partial charge is 0.344 e. The van der Waals surface area contributed by atoms with Gasteiger partial charge < -0.3 is 16.0 Å². The number of nitrogens with two attached hydrogens (primary N) is 1. The molecular weight excluding hydrogens is 278 g/mol. The van der Waals surface area contributed by atoms with Crippen LogP contribution >= 0.6 is 11.6 Å². The largest absolute Gasteiger partial charge is 0.369 e. The Morgan fingerprint density at radius 2 is 2.20 bits per heavy atom. The van der Waals surface area contributed by atoms with Crippen LogP contribution in [0.3, 0.4) is 0 Å². The van der Waals surface area contributed by atoms with Crippen molar-refractivity contribution >= 4 is 23.6 Å². The number of guanidine groups is 1.